The fourth-order valence-corrected chi connectivity index (χ4v) is 4.59. The van der Waals surface area contributed by atoms with Crippen LogP contribution in [0.15, 0.2) is 24.3 Å². The third-order valence-electron chi connectivity index (χ3n) is 4.87. The van der Waals surface area contributed by atoms with E-state index in [0.717, 1.165) is 54.9 Å². The number of fused-ring (bicyclic) bond motifs is 1. The molecule has 1 aliphatic carbocycles. The highest BCUT2D eigenvalue weighted by atomic mass is 32.2. The van der Waals surface area contributed by atoms with Gasteiger partial charge in [-0.3, -0.25) is 0 Å². The molecule has 0 amide bonds. The van der Waals surface area contributed by atoms with Crippen LogP contribution < -0.4 is 0 Å². The van der Waals surface area contributed by atoms with Gasteiger partial charge in [-0.1, -0.05) is 19.1 Å². The zero-order valence-corrected chi connectivity index (χ0v) is 14.8. The minimum absolute atomic E-state index is 0.0496. The summed E-state index contributed by atoms with van der Waals surface area (Å²) in [5.41, 5.74) is 5.12. The number of benzene rings is 1. The zero-order chi connectivity index (χ0) is 16.5. The second-order valence-corrected chi connectivity index (χ2v) is 7.60. The number of carbonyl (C=O) groups excluding carboxylic acids is 1. The van der Waals surface area contributed by atoms with Gasteiger partial charge in [0, 0.05) is 17.0 Å². The van der Waals surface area contributed by atoms with E-state index >= 15 is 0 Å². The van der Waals surface area contributed by atoms with E-state index in [9.17, 15) is 4.79 Å². The van der Waals surface area contributed by atoms with E-state index in [4.69, 9.17) is 4.74 Å². The van der Waals surface area contributed by atoms with Crippen molar-refractivity contribution in [3.8, 4) is 5.69 Å². The van der Waals surface area contributed by atoms with E-state index in [1.54, 1.807) is 0 Å². The summed E-state index contributed by atoms with van der Waals surface area (Å²) in [6.07, 6.45) is 5.01. The number of thioether (sulfide) groups is 1. The van der Waals surface area contributed by atoms with Gasteiger partial charge < -0.3 is 4.74 Å². The van der Waals surface area contributed by atoms with Crippen LogP contribution in [0.5, 0.6) is 0 Å². The van der Waals surface area contributed by atoms with Gasteiger partial charge in [0.15, 0.2) is 5.69 Å². The second kappa shape index (κ2) is 6.63. The number of aromatic nitrogens is 2. The number of esters is 1. The van der Waals surface area contributed by atoms with Crippen LogP contribution in [0.3, 0.4) is 0 Å². The molecule has 1 atom stereocenters. The molecule has 0 N–H and O–H groups in total. The van der Waals surface area contributed by atoms with E-state index in [1.165, 1.54) is 11.3 Å². The normalized spacial score (nSPS) is 19.5. The van der Waals surface area contributed by atoms with Crippen LogP contribution in [0.25, 0.3) is 5.69 Å². The average molecular weight is 342 g/mol. The molecular formula is C19H22N2O2S. The first-order valence-corrected chi connectivity index (χ1v) is 9.90. The van der Waals surface area contributed by atoms with Gasteiger partial charge in [0.1, 0.15) is 6.10 Å². The summed E-state index contributed by atoms with van der Waals surface area (Å²) < 4.78 is 7.62. The smallest absolute Gasteiger partial charge is 0.359 e. The molecule has 126 valence electrons. The zero-order valence-electron chi connectivity index (χ0n) is 14.0. The van der Waals surface area contributed by atoms with Crippen molar-refractivity contribution < 1.29 is 9.53 Å². The van der Waals surface area contributed by atoms with Gasteiger partial charge >= 0.3 is 5.97 Å². The Bertz CT molecular complexity index is 745. The summed E-state index contributed by atoms with van der Waals surface area (Å²) in [6.45, 7) is 2.15. The number of rotatable bonds is 4. The molecule has 0 bridgehead atoms. The quantitative estimate of drug-likeness (QED) is 0.797. The van der Waals surface area contributed by atoms with Crippen LogP contribution in [0, 0.1) is 0 Å². The lowest BCUT2D eigenvalue weighted by Gasteiger charge is -2.09. The van der Waals surface area contributed by atoms with Gasteiger partial charge in [0.25, 0.3) is 0 Å². The summed E-state index contributed by atoms with van der Waals surface area (Å²) in [4.78, 5) is 12.6. The Morgan fingerprint density at radius 1 is 1.33 bits per heavy atom. The van der Waals surface area contributed by atoms with Gasteiger partial charge in [0.05, 0.1) is 5.69 Å². The number of nitrogens with zero attached hydrogens (tertiary/aromatic N) is 2. The molecule has 1 aromatic heterocycles. The van der Waals surface area contributed by atoms with Crippen molar-refractivity contribution in [2.24, 2.45) is 0 Å². The second-order valence-electron chi connectivity index (χ2n) is 6.45. The molecule has 0 spiro atoms. The van der Waals surface area contributed by atoms with Gasteiger partial charge in [-0.25, -0.2) is 9.48 Å². The lowest BCUT2D eigenvalue weighted by Crippen LogP contribution is -2.19. The van der Waals surface area contributed by atoms with E-state index < -0.39 is 0 Å². The Morgan fingerprint density at radius 2 is 2.17 bits per heavy atom. The van der Waals surface area contributed by atoms with Crippen LogP contribution in [-0.2, 0) is 24.0 Å². The molecule has 5 heteroatoms. The molecule has 2 aromatic rings. The highest BCUT2D eigenvalue weighted by Crippen LogP contribution is 2.29. The fourth-order valence-electron chi connectivity index (χ4n) is 3.50. The molecule has 4 rings (SSSR count). The summed E-state index contributed by atoms with van der Waals surface area (Å²) in [6, 6.07) is 8.44. The fraction of sp³-hybridized carbons (Fsp3) is 0.474. The van der Waals surface area contributed by atoms with E-state index in [-0.39, 0.29) is 12.1 Å². The molecule has 1 saturated heterocycles. The summed E-state index contributed by atoms with van der Waals surface area (Å²) in [5, 5.41) is 4.63. The van der Waals surface area contributed by atoms with Crippen molar-refractivity contribution in [2.75, 3.05) is 11.5 Å². The highest BCUT2D eigenvalue weighted by Gasteiger charge is 2.30. The maximum absolute atomic E-state index is 12.6. The minimum atomic E-state index is -0.246. The molecule has 2 heterocycles. The van der Waals surface area contributed by atoms with Crippen molar-refractivity contribution in [1.82, 2.24) is 9.78 Å². The number of hydrogen-bond acceptors (Lipinski definition) is 4. The summed E-state index contributed by atoms with van der Waals surface area (Å²) in [7, 11) is 0. The van der Waals surface area contributed by atoms with Crippen LogP contribution >= 0.6 is 11.8 Å². The summed E-state index contributed by atoms with van der Waals surface area (Å²) in [5.74, 6) is 1.74. The van der Waals surface area contributed by atoms with Crippen LogP contribution in [-0.4, -0.2) is 33.4 Å². The molecule has 4 nitrogen and oxygen atoms in total. The first-order valence-electron chi connectivity index (χ1n) is 8.75. The third kappa shape index (κ3) is 2.86. The Balaban J connectivity index is 1.65. The van der Waals surface area contributed by atoms with E-state index in [1.807, 2.05) is 16.4 Å². The van der Waals surface area contributed by atoms with Gasteiger partial charge in [-0.2, -0.15) is 16.9 Å². The molecule has 0 radical (unpaired) electrons. The van der Waals surface area contributed by atoms with Crippen molar-refractivity contribution in [1.29, 1.82) is 0 Å². The molecule has 2 aliphatic rings. The predicted octanol–water partition coefficient (Wildman–Crippen LogP) is 3.59. The maximum Gasteiger partial charge on any atom is 0.359 e. The van der Waals surface area contributed by atoms with Crippen LogP contribution in [0.4, 0.5) is 0 Å². The molecule has 1 aromatic carbocycles. The van der Waals surface area contributed by atoms with Crippen molar-refractivity contribution >= 4 is 17.7 Å². The standard InChI is InChI=1S/C19H22N2O2S/c1-2-13-6-8-14(9-7-13)21-17-5-3-4-16(17)18(20-21)19(22)23-15-10-11-24-12-15/h6-9,15H,2-5,10-12H2,1H3. The number of aryl methyl sites for hydroxylation is 1. The molecule has 1 fully saturated rings. The van der Waals surface area contributed by atoms with Gasteiger partial charge in [0.2, 0.25) is 0 Å². The van der Waals surface area contributed by atoms with Gasteiger partial charge in [-0.05, 0) is 55.6 Å². The summed E-state index contributed by atoms with van der Waals surface area (Å²) >= 11 is 1.85. The Labute approximate surface area is 146 Å². The SMILES string of the molecule is CCc1ccc(-n2nc(C(=O)OC3CCSC3)c3c2CCC3)cc1. The molecule has 24 heavy (non-hydrogen) atoms. The Kier molecular flexibility index (Phi) is 4.35. The van der Waals surface area contributed by atoms with Crippen molar-refractivity contribution in [3.05, 3.63) is 46.8 Å². The number of hydrogen-bond donors (Lipinski definition) is 0. The highest BCUT2D eigenvalue weighted by molar-refractivity contribution is 7.99. The Morgan fingerprint density at radius 3 is 2.88 bits per heavy atom. The molecule has 1 unspecified atom stereocenters. The first-order chi connectivity index (χ1) is 11.8. The monoisotopic (exact) mass is 342 g/mol. The van der Waals surface area contributed by atoms with Crippen molar-refractivity contribution in [3.63, 3.8) is 0 Å². The van der Waals surface area contributed by atoms with Gasteiger partial charge in [-0.15, -0.1) is 0 Å². The number of ether oxygens (including phenoxy) is 1. The van der Waals surface area contributed by atoms with Crippen molar-refractivity contribution in [2.45, 2.75) is 45.1 Å². The number of carbonyl (C=O) groups is 1. The molecular weight excluding hydrogens is 320 g/mol. The van der Waals surface area contributed by atoms with Crippen LogP contribution in [0.1, 0.15) is 47.1 Å². The van der Waals surface area contributed by atoms with E-state index in [0.29, 0.717) is 5.69 Å². The molecule has 1 aliphatic heterocycles. The topological polar surface area (TPSA) is 44.1 Å². The third-order valence-corrected chi connectivity index (χ3v) is 6.01. The van der Waals surface area contributed by atoms with E-state index in [2.05, 4.69) is 36.3 Å². The molecule has 0 saturated carbocycles. The maximum atomic E-state index is 12.6. The Hall–Kier alpha value is -1.75. The first kappa shape index (κ1) is 15.8. The van der Waals surface area contributed by atoms with Crippen LogP contribution in [0.2, 0.25) is 0 Å². The lowest BCUT2D eigenvalue weighted by atomic mass is 10.1. The minimum Gasteiger partial charge on any atom is -0.457 e. The predicted molar refractivity (Wildman–Crippen MR) is 96.1 cm³/mol. The largest absolute Gasteiger partial charge is 0.457 e. The lowest BCUT2D eigenvalue weighted by molar-refractivity contribution is 0.0348. The average Bonchev–Trinajstić information content (AvgIpc) is 3.32.